The predicted octanol–water partition coefficient (Wildman–Crippen LogP) is 3.06. The van der Waals surface area contributed by atoms with Crippen molar-refractivity contribution < 1.29 is 24.5 Å². The molecule has 2 aromatic rings. The van der Waals surface area contributed by atoms with Crippen molar-refractivity contribution in [2.75, 3.05) is 19.6 Å². The fourth-order valence-electron chi connectivity index (χ4n) is 3.59. The lowest BCUT2D eigenvalue weighted by Crippen LogP contribution is -2.49. The molecule has 4 N–H and O–H groups in total. The van der Waals surface area contributed by atoms with E-state index < -0.39 is 12.1 Å². The molecule has 0 spiro atoms. The van der Waals surface area contributed by atoms with Crippen molar-refractivity contribution in [3.8, 4) is 11.5 Å². The average molecular weight is 483 g/mol. The summed E-state index contributed by atoms with van der Waals surface area (Å²) in [5, 5.41) is 33.2. The van der Waals surface area contributed by atoms with Gasteiger partial charge in [-0.15, -0.1) is 17.0 Å². The number of aliphatic hydroxyl groups excluding tert-OH is 1. The second kappa shape index (κ2) is 11.3. The van der Waals surface area contributed by atoms with Crippen molar-refractivity contribution in [2.24, 2.45) is 0 Å². The molecule has 3 rings (SSSR count). The van der Waals surface area contributed by atoms with Crippen molar-refractivity contribution in [3.63, 3.8) is 0 Å². The fraction of sp³-hybridized carbons (Fsp3) is 0.409. The largest absolute Gasteiger partial charge is 0.504 e. The third kappa shape index (κ3) is 6.17. The molecule has 0 saturated carbocycles. The molecule has 1 amide bonds. The molecular weight excluding hydrogens is 455 g/mol. The highest BCUT2D eigenvalue weighted by Gasteiger charge is 2.32. The summed E-state index contributed by atoms with van der Waals surface area (Å²) in [6.45, 7) is 1.82. The maximum Gasteiger partial charge on any atom is 0.242 e. The van der Waals surface area contributed by atoms with E-state index in [1.807, 2.05) is 0 Å². The van der Waals surface area contributed by atoms with Gasteiger partial charge in [-0.25, -0.2) is 4.39 Å². The first-order chi connectivity index (χ1) is 14.0. The van der Waals surface area contributed by atoms with E-state index in [1.165, 1.54) is 30.3 Å². The lowest BCUT2D eigenvalue weighted by atomic mass is 10.00. The van der Waals surface area contributed by atoms with Crippen LogP contribution in [-0.2, 0) is 11.2 Å². The zero-order valence-corrected chi connectivity index (χ0v) is 18.3. The number of amides is 1. The molecule has 0 aliphatic carbocycles. The summed E-state index contributed by atoms with van der Waals surface area (Å²) in [5.41, 5.74) is 1.35. The number of aliphatic hydroxyl groups is 1. The summed E-state index contributed by atoms with van der Waals surface area (Å²) in [7, 11) is 0. The van der Waals surface area contributed by atoms with Crippen LogP contribution in [0.4, 0.5) is 4.39 Å². The topological polar surface area (TPSA) is 93.0 Å². The number of benzene rings is 2. The van der Waals surface area contributed by atoms with Gasteiger partial charge in [0.1, 0.15) is 18.0 Å². The summed E-state index contributed by atoms with van der Waals surface area (Å²) >= 11 is 0. The van der Waals surface area contributed by atoms with E-state index >= 15 is 0 Å². The van der Waals surface area contributed by atoms with Crippen LogP contribution in [0.5, 0.6) is 11.5 Å². The molecule has 1 aliphatic rings. The van der Waals surface area contributed by atoms with Gasteiger partial charge in [0.25, 0.3) is 0 Å². The SMILES string of the molecule is Br.O=C([C@@H](NCCCc1ccc(F)cc1)[C@H](O)c1ccc(O)c(O)c1)N1CCCC1. The molecule has 0 bridgehead atoms. The van der Waals surface area contributed by atoms with E-state index in [0.717, 1.165) is 18.4 Å². The number of hydrogen-bond donors (Lipinski definition) is 4. The molecule has 2 aromatic carbocycles. The highest BCUT2D eigenvalue weighted by Crippen LogP contribution is 2.29. The second-order valence-electron chi connectivity index (χ2n) is 7.39. The van der Waals surface area contributed by atoms with Gasteiger partial charge >= 0.3 is 0 Å². The quantitative estimate of drug-likeness (QED) is 0.342. The van der Waals surface area contributed by atoms with Crippen LogP contribution in [0.1, 0.15) is 36.5 Å². The Morgan fingerprint density at radius 3 is 2.37 bits per heavy atom. The Kier molecular flexibility index (Phi) is 9.08. The highest BCUT2D eigenvalue weighted by atomic mass is 79.9. The number of aryl methyl sites for hydroxylation is 1. The Labute approximate surface area is 186 Å². The van der Waals surface area contributed by atoms with Crippen molar-refractivity contribution in [1.82, 2.24) is 10.2 Å². The second-order valence-corrected chi connectivity index (χ2v) is 7.39. The number of halogens is 2. The maximum absolute atomic E-state index is 13.0. The number of carbonyl (C=O) groups excluding carboxylic acids is 1. The van der Waals surface area contributed by atoms with Crippen LogP contribution in [-0.4, -0.2) is 51.8 Å². The average Bonchev–Trinajstić information content (AvgIpc) is 3.25. The number of nitrogens with one attached hydrogen (secondary N) is 1. The summed E-state index contributed by atoms with van der Waals surface area (Å²) in [6, 6.07) is 9.50. The van der Waals surface area contributed by atoms with Gasteiger partial charge in [0.05, 0.1) is 0 Å². The number of hydrogen-bond acceptors (Lipinski definition) is 5. The van der Waals surface area contributed by atoms with Crippen LogP contribution < -0.4 is 5.32 Å². The van der Waals surface area contributed by atoms with Gasteiger partial charge in [0, 0.05) is 13.1 Å². The number of phenols is 2. The summed E-state index contributed by atoms with van der Waals surface area (Å²) in [4.78, 5) is 14.7. The maximum atomic E-state index is 13.0. The van der Waals surface area contributed by atoms with Gasteiger partial charge in [0.15, 0.2) is 11.5 Å². The number of aromatic hydroxyl groups is 2. The third-order valence-corrected chi connectivity index (χ3v) is 5.26. The van der Waals surface area contributed by atoms with Gasteiger partial charge in [0.2, 0.25) is 5.91 Å². The Hall–Kier alpha value is -2.16. The van der Waals surface area contributed by atoms with E-state index in [0.29, 0.717) is 38.0 Å². The number of phenolic OH excluding ortho intramolecular Hbond substituents is 2. The minimum absolute atomic E-state index is 0. The molecule has 0 aromatic heterocycles. The third-order valence-electron chi connectivity index (χ3n) is 5.26. The first-order valence-corrected chi connectivity index (χ1v) is 9.92. The lowest BCUT2D eigenvalue weighted by Gasteiger charge is -2.28. The van der Waals surface area contributed by atoms with Crippen LogP contribution in [0.15, 0.2) is 42.5 Å². The molecule has 0 unspecified atom stereocenters. The molecule has 8 heteroatoms. The molecule has 6 nitrogen and oxygen atoms in total. The van der Waals surface area contributed by atoms with Crippen LogP contribution in [0, 0.1) is 5.82 Å². The monoisotopic (exact) mass is 482 g/mol. The lowest BCUT2D eigenvalue weighted by molar-refractivity contribution is -0.135. The molecule has 1 saturated heterocycles. The van der Waals surface area contributed by atoms with E-state index in [4.69, 9.17) is 0 Å². The van der Waals surface area contributed by atoms with Crippen molar-refractivity contribution in [1.29, 1.82) is 0 Å². The van der Waals surface area contributed by atoms with Gasteiger partial charge in [-0.05, 0) is 67.6 Å². The summed E-state index contributed by atoms with van der Waals surface area (Å²) in [5.74, 6) is -1.08. The molecule has 30 heavy (non-hydrogen) atoms. The molecular formula is C22H28BrFN2O4. The zero-order chi connectivity index (χ0) is 20.8. The van der Waals surface area contributed by atoms with Gasteiger partial charge in [-0.2, -0.15) is 0 Å². The van der Waals surface area contributed by atoms with E-state index in [9.17, 15) is 24.5 Å². The van der Waals surface area contributed by atoms with Crippen LogP contribution in [0.3, 0.4) is 0 Å². The number of carbonyl (C=O) groups is 1. The zero-order valence-electron chi connectivity index (χ0n) is 16.6. The number of nitrogens with zero attached hydrogens (tertiary/aromatic N) is 1. The highest BCUT2D eigenvalue weighted by molar-refractivity contribution is 8.93. The standard InChI is InChI=1S/C22H27FN2O4.BrH/c23-17-8-5-15(6-9-17)4-3-11-24-20(22(29)25-12-1-2-13-25)21(28)16-7-10-18(26)19(27)14-16;/h5-10,14,20-21,24,26-28H,1-4,11-13H2;1H/t20-,21+;/m0./s1. The Balaban J connectivity index is 0.00000320. The molecule has 0 radical (unpaired) electrons. The Morgan fingerprint density at radius 2 is 1.73 bits per heavy atom. The molecule has 1 fully saturated rings. The normalized spacial score (nSPS) is 15.5. The minimum Gasteiger partial charge on any atom is -0.504 e. The first-order valence-electron chi connectivity index (χ1n) is 9.92. The number of rotatable bonds is 8. The van der Waals surface area contributed by atoms with Gasteiger partial charge < -0.3 is 25.5 Å². The van der Waals surface area contributed by atoms with Crippen LogP contribution in [0.25, 0.3) is 0 Å². The first kappa shape index (κ1) is 24.1. The summed E-state index contributed by atoms with van der Waals surface area (Å²) in [6.07, 6.45) is 2.15. The fourth-order valence-corrected chi connectivity index (χ4v) is 3.59. The Bertz CT molecular complexity index is 828. The van der Waals surface area contributed by atoms with Crippen molar-refractivity contribution >= 4 is 22.9 Å². The van der Waals surface area contributed by atoms with E-state index in [2.05, 4.69) is 5.32 Å². The Morgan fingerprint density at radius 1 is 1.07 bits per heavy atom. The summed E-state index contributed by atoms with van der Waals surface area (Å²) < 4.78 is 13.0. The van der Waals surface area contributed by atoms with E-state index in [1.54, 1.807) is 17.0 Å². The van der Waals surface area contributed by atoms with Gasteiger partial charge in [-0.3, -0.25) is 4.79 Å². The van der Waals surface area contributed by atoms with Gasteiger partial charge in [-0.1, -0.05) is 18.2 Å². The minimum atomic E-state index is -1.17. The van der Waals surface area contributed by atoms with Crippen LogP contribution in [0.2, 0.25) is 0 Å². The molecule has 164 valence electrons. The number of likely N-dealkylation sites (tertiary alicyclic amines) is 1. The van der Waals surface area contributed by atoms with Crippen molar-refractivity contribution in [3.05, 3.63) is 59.4 Å². The molecule has 2 atom stereocenters. The predicted molar refractivity (Wildman–Crippen MR) is 117 cm³/mol. The van der Waals surface area contributed by atoms with E-state index in [-0.39, 0.29) is 40.2 Å². The van der Waals surface area contributed by atoms with Crippen molar-refractivity contribution in [2.45, 2.75) is 37.8 Å². The molecule has 1 aliphatic heterocycles. The smallest absolute Gasteiger partial charge is 0.242 e. The van der Waals surface area contributed by atoms with Crippen LogP contribution >= 0.6 is 17.0 Å². The molecule has 1 heterocycles.